The van der Waals surface area contributed by atoms with Gasteiger partial charge in [0.15, 0.2) is 5.69 Å². The zero-order valence-electron chi connectivity index (χ0n) is 16.0. The standard InChI is InChI=1S/C20H27N5O/c1-13-7-18(21-23(13)3)12-25(11-17-10-15-5-6-16(17)9-15)20(26)19-8-14(2)24(4)22-19/h5-8,15-17H,9-12H2,1-4H3/t15-,16-,17-/m0/s1. The zero-order valence-corrected chi connectivity index (χ0v) is 16.0. The maximum atomic E-state index is 13.2. The molecule has 1 saturated carbocycles. The van der Waals surface area contributed by atoms with E-state index in [-0.39, 0.29) is 5.91 Å². The fourth-order valence-corrected chi connectivity index (χ4v) is 4.34. The molecule has 0 aliphatic heterocycles. The molecule has 0 saturated heterocycles. The fraction of sp³-hybridized carbons (Fsp3) is 0.550. The Bertz CT molecular complexity index is 823. The van der Waals surface area contributed by atoms with E-state index in [0.29, 0.717) is 30.0 Å². The Kier molecular flexibility index (Phi) is 4.21. The van der Waals surface area contributed by atoms with E-state index < -0.39 is 0 Å². The van der Waals surface area contributed by atoms with Gasteiger partial charge in [0.2, 0.25) is 0 Å². The first-order valence-electron chi connectivity index (χ1n) is 9.38. The highest BCUT2D eigenvalue weighted by Gasteiger charge is 2.37. The van der Waals surface area contributed by atoms with Gasteiger partial charge >= 0.3 is 0 Å². The molecule has 2 aliphatic rings. The third kappa shape index (κ3) is 3.08. The molecule has 0 spiro atoms. The first-order chi connectivity index (χ1) is 12.4. The lowest BCUT2D eigenvalue weighted by atomic mass is 9.93. The second-order valence-electron chi connectivity index (χ2n) is 7.92. The molecule has 0 unspecified atom stereocenters. The monoisotopic (exact) mass is 353 g/mol. The number of fused-ring (bicyclic) bond motifs is 2. The van der Waals surface area contributed by atoms with Crippen molar-refractivity contribution in [3.63, 3.8) is 0 Å². The summed E-state index contributed by atoms with van der Waals surface area (Å²) in [5.41, 5.74) is 3.55. The van der Waals surface area contributed by atoms with Crippen molar-refractivity contribution in [2.24, 2.45) is 31.8 Å². The van der Waals surface area contributed by atoms with Crippen molar-refractivity contribution in [2.75, 3.05) is 6.54 Å². The van der Waals surface area contributed by atoms with E-state index in [1.165, 1.54) is 12.8 Å². The molecule has 6 heteroatoms. The molecule has 0 radical (unpaired) electrons. The molecule has 2 aromatic heterocycles. The van der Waals surface area contributed by atoms with Crippen LogP contribution in [-0.2, 0) is 20.6 Å². The van der Waals surface area contributed by atoms with Crippen LogP contribution >= 0.6 is 0 Å². The second kappa shape index (κ2) is 6.41. The van der Waals surface area contributed by atoms with E-state index in [4.69, 9.17) is 0 Å². The van der Waals surface area contributed by atoms with Gasteiger partial charge in [0.1, 0.15) is 0 Å². The number of aromatic nitrogens is 4. The fourth-order valence-electron chi connectivity index (χ4n) is 4.34. The van der Waals surface area contributed by atoms with Crippen LogP contribution in [0.5, 0.6) is 0 Å². The second-order valence-corrected chi connectivity index (χ2v) is 7.92. The summed E-state index contributed by atoms with van der Waals surface area (Å²) in [6.45, 7) is 5.31. The van der Waals surface area contributed by atoms with Gasteiger partial charge in [-0.3, -0.25) is 14.2 Å². The number of amides is 1. The lowest BCUT2D eigenvalue weighted by Crippen LogP contribution is -2.36. The Morgan fingerprint density at radius 2 is 1.85 bits per heavy atom. The predicted molar refractivity (Wildman–Crippen MR) is 99.5 cm³/mol. The highest BCUT2D eigenvalue weighted by Crippen LogP contribution is 2.43. The van der Waals surface area contributed by atoms with Gasteiger partial charge in [0.25, 0.3) is 5.91 Å². The van der Waals surface area contributed by atoms with Gasteiger partial charge in [-0.2, -0.15) is 10.2 Å². The van der Waals surface area contributed by atoms with Gasteiger partial charge in [0, 0.05) is 32.0 Å². The first kappa shape index (κ1) is 17.1. The third-order valence-electron chi connectivity index (χ3n) is 6.01. The highest BCUT2D eigenvalue weighted by molar-refractivity contribution is 5.92. The van der Waals surface area contributed by atoms with E-state index in [0.717, 1.165) is 23.6 Å². The van der Waals surface area contributed by atoms with Gasteiger partial charge in [-0.05, 0) is 56.6 Å². The quantitative estimate of drug-likeness (QED) is 0.777. The molecule has 2 heterocycles. The van der Waals surface area contributed by atoms with Crippen molar-refractivity contribution >= 4 is 5.91 Å². The van der Waals surface area contributed by atoms with Crippen LogP contribution in [0.15, 0.2) is 24.3 Å². The third-order valence-corrected chi connectivity index (χ3v) is 6.01. The Labute approximate surface area is 154 Å². The number of carbonyl (C=O) groups excluding carboxylic acids is 1. The van der Waals surface area contributed by atoms with Gasteiger partial charge in [-0.1, -0.05) is 12.2 Å². The number of nitrogens with zero attached hydrogens (tertiary/aromatic N) is 5. The van der Waals surface area contributed by atoms with Crippen molar-refractivity contribution in [1.82, 2.24) is 24.5 Å². The van der Waals surface area contributed by atoms with Crippen LogP contribution in [0.2, 0.25) is 0 Å². The molecular formula is C20H27N5O. The van der Waals surface area contributed by atoms with Crippen LogP contribution in [0.3, 0.4) is 0 Å². The van der Waals surface area contributed by atoms with Gasteiger partial charge in [-0.15, -0.1) is 0 Å². The summed E-state index contributed by atoms with van der Waals surface area (Å²) < 4.78 is 3.62. The summed E-state index contributed by atoms with van der Waals surface area (Å²) in [6.07, 6.45) is 7.13. The molecule has 2 bridgehead atoms. The van der Waals surface area contributed by atoms with E-state index in [9.17, 15) is 4.79 Å². The summed E-state index contributed by atoms with van der Waals surface area (Å²) in [5.74, 6) is 1.87. The minimum Gasteiger partial charge on any atom is -0.331 e. The zero-order chi connectivity index (χ0) is 18.4. The van der Waals surface area contributed by atoms with Crippen molar-refractivity contribution < 1.29 is 4.79 Å². The van der Waals surface area contributed by atoms with Crippen LogP contribution in [0.4, 0.5) is 0 Å². The van der Waals surface area contributed by atoms with Gasteiger partial charge in [0.05, 0.1) is 12.2 Å². The molecule has 2 aromatic rings. The van der Waals surface area contributed by atoms with Crippen LogP contribution in [-0.4, -0.2) is 36.9 Å². The van der Waals surface area contributed by atoms with Crippen molar-refractivity contribution in [3.05, 3.63) is 47.1 Å². The number of allylic oxidation sites excluding steroid dienone is 2. The minimum absolute atomic E-state index is 0.00348. The number of hydrogen-bond donors (Lipinski definition) is 0. The lowest BCUT2D eigenvalue weighted by molar-refractivity contribution is 0.0695. The molecule has 0 N–H and O–H groups in total. The highest BCUT2D eigenvalue weighted by atomic mass is 16.2. The predicted octanol–water partition coefficient (Wildman–Crippen LogP) is 2.63. The molecule has 3 atom stereocenters. The van der Waals surface area contributed by atoms with Crippen molar-refractivity contribution in [2.45, 2.75) is 33.2 Å². The normalized spacial score (nSPS) is 23.8. The smallest absolute Gasteiger partial charge is 0.274 e. The number of carbonyl (C=O) groups is 1. The molecule has 1 fully saturated rings. The number of aryl methyl sites for hydroxylation is 4. The first-order valence-corrected chi connectivity index (χ1v) is 9.38. The van der Waals surface area contributed by atoms with E-state index in [1.807, 2.05) is 43.6 Å². The molecule has 4 rings (SSSR count). The van der Waals surface area contributed by atoms with Crippen molar-refractivity contribution in [3.8, 4) is 0 Å². The van der Waals surface area contributed by atoms with Crippen LogP contribution in [0.1, 0.15) is 40.4 Å². The SMILES string of the molecule is Cc1cc(CN(C[C@@H]2C[C@H]3C=C[C@H]2C3)C(=O)c2cc(C)n(C)n2)nn1C. The maximum Gasteiger partial charge on any atom is 0.274 e. The summed E-state index contributed by atoms with van der Waals surface area (Å²) in [5, 5.41) is 8.96. The van der Waals surface area contributed by atoms with E-state index >= 15 is 0 Å². The molecule has 26 heavy (non-hydrogen) atoms. The summed E-state index contributed by atoms with van der Waals surface area (Å²) in [6, 6.07) is 3.93. The average Bonchev–Trinajstić information content (AvgIpc) is 3.34. The Morgan fingerprint density at radius 1 is 1.12 bits per heavy atom. The van der Waals surface area contributed by atoms with Gasteiger partial charge in [-0.25, -0.2) is 0 Å². The minimum atomic E-state index is 0.00348. The van der Waals surface area contributed by atoms with E-state index in [1.54, 1.807) is 4.68 Å². The maximum absolute atomic E-state index is 13.2. The van der Waals surface area contributed by atoms with Crippen LogP contribution in [0.25, 0.3) is 0 Å². The Morgan fingerprint density at radius 3 is 2.38 bits per heavy atom. The average molecular weight is 353 g/mol. The summed E-state index contributed by atoms with van der Waals surface area (Å²) >= 11 is 0. The molecule has 138 valence electrons. The molecule has 6 nitrogen and oxygen atoms in total. The lowest BCUT2D eigenvalue weighted by Gasteiger charge is -2.27. The number of rotatable bonds is 5. The topological polar surface area (TPSA) is 56.0 Å². The van der Waals surface area contributed by atoms with Crippen molar-refractivity contribution in [1.29, 1.82) is 0 Å². The molecular weight excluding hydrogens is 326 g/mol. The van der Waals surface area contributed by atoms with Crippen LogP contribution in [0, 0.1) is 31.6 Å². The van der Waals surface area contributed by atoms with E-state index in [2.05, 4.69) is 28.4 Å². The Balaban J connectivity index is 1.57. The van der Waals surface area contributed by atoms with Crippen LogP contribution < -0.4 is 0 Å². The molecule has 0 aromatic carbocycles. The summed E-state index contributed by atoms with van der Waals surface area (Å²) in [4.78, 5) is 15.1. The molecule has 1 amide bonds. The van der Waals surface area contributed by atoms with Gasteiger partial charge < -0.3 is 4.90 Å². The molecule has 2 aliphatic carbocycles. The summed E-state index contributed by atoms with van der Waals surface area (Å²) in [7, 11) is 3.81. The Hall–Kier alpha value is -2.37. The largest absolute Gasteiger partial charge is 0.331 e. The number of hydrogen-bond acceptors (Lipinski definition) is 3.